The summed E-state index contributed by atoms with van der Waals surface area (Å²) in [6.07, 6.45) is 2.97. The molecule has 0 aliphatic rings. The second-order valence-electron chi connectivity index (χ2n) is 6.39. The maximum atomic E-state index is 12.6. The Balaban J connectivity index is 1.71. The fourth-order valence-corrected chi connectivity index (χ4v) is 2.75. The number of aryl methyl sites for hydroxylation is 1. The Labute approximate surface area is 166 Å². The van der Waals surface area contributed by atoms with E-state index in [-0.39, 0.29) is 11.3 Å². The van der Waals surface area contributed by atoms with E-state index < -0.39 is 16.4 Å². The highest BCUT2D eigenvalue weighted by molar-refractivity contribution is 5.94. The lowest BCUT2D eigenvalue weighted by Crippen LogP contribution is -2.30. The number of nitrogens with zero attached hydrogens (tertiary/aromatic N) is 3. The van der Waals surface area contributed by atoms with Crippen molar-refractivity contribution < 1.29 is 9.72 Å². The first-order valence-electron chi connectivity index (χ1n) is 8.77. The van der Waals surface area contributed by atoms with Gasteiger partial charge in [0.05, 0.1) is 17.7 Å². The second-order valence-corrected chi connectivity index (χ2v) is 6.39. The first-order valence-corrected chi connectivity index (χ1v) is 8.77. The number of amides is 1. The van der Waals surface area contributed by atoms with E-state index in [9.17, 15) is 19.7 Å². The van der Waals surface area contributed by atoms with Gasteiger partial charge in [0, 0.05) is 18.3 Å². The SMILES string of the molecule is Cc1cccc(Cn2cccc(C(=O)N/N=C\c3ccc([N+](=O)[O-])cc3)c2=O)c1. The summed E-state index contributed by atoms with van der Waals surface area (Å²) in [7, 11) is 0. The van der Waals surface area contributed by atoms with Gasteiger partial charge in [-0.1, -0.05) is 29.8 Å². The fourth-order valence-electron chi connectivity index (χ4n) is 2.75. The van der Waals surface area contributed by atoms with Gasteiger partial charge in [-0.25, -0.2) is 5.43 Å². The van der Waals surface area contributed by atoms with Crippen molar-refractivity contribution in [3.05, 3.63) is 110 Å². The third-order valence-electron chi connectivity index (χ3n) is 4.18. The minimum absolute atomic E-state index is 0.0268. The standard InChI is InChI=1S/C21H18N4O4/c1-15-4-2-5-17(12-15)14-24-11-3-6-19(21(24)27)20(26)23-22-13-16-7-9-18(10-8-16)25(28)29/h2-13H,14H2,1H3,(H,23,26)/b22-13-. The van der Waals surface area contributed by atoms with Crippen molar-refractivity contribution in [2.24, 2.45) is 5.10 Å². The number of nitrogens with one attached hydrogen (secondary N) is 1. The van der Waals surface area contributed by atoms with Crippen molar-refractivity contribution in [1.82, 2.24) is 9.99 Å². The van der Waals surface area contributed by atoms with Crippen molar-refractivity contribution >= 4 is 17.8 Å². The molecule has 0 bridgehead atoms. The monoisotopic (exact) mass is 390 g/mol. The third-order valence-corrected chi connectivity index (χ3v) is 4.18. The predicted octanol–water partition coefficient (Wildman–Crippen LogP) is 2.88. The van der Waals surface area contributed by atoms with Crippen molar-refractivity contribution in [2.75, 3.05) is 0 Å². The van der Waals surface area contributed by atoms with Crippen LogP contribution >= 0.6 is 0 Å². The lowest BCUT2D eigenvalue weighted by molar-refractivity contribution is -0.384. The van der Waals surface area contributed by atoms with Gasteiger partial charge in [0.1, 0.15) is 5.56 Å². The maximum absolute atomic E-state index is 12.6. The number of hydrogen-bond acceptors (Lipinski definition) is 5. The molecule has 0 radical (unpaired) electrons. The van der Waals surface area contributed by atoms with Gasteiger partial charge >= 0.3 is 0 Å². The molecule has 0 saturated heterocycles. The van der Waals surface area contributed by atoms with E-state index in [1.807, 2.05) is 31.2 Å². The molecule has 0 fully saturated rings. The number of benzene rings is 2. The van der Waals surface area contributed by atoms with Crippen LogP contribution in [0.15, 0.2) is 76.8 Å². The number of hydrogen-bond donors (Lipinski definition) is 1. The third kappa shape index (κ3) is 5.01. The molecular weight excluding hydrogens is 372 g/mol. The maximum Gasteiger partial charge on any atom is 0.276 e. The summed E-state index contributed by atoms with van der Waals surface area (Å²) < 4.78 is 1.46. The number of hydrazone groups is 1. The number of rotatable bonds is 6. The fraction of sp³-hybridized carbons (Fsp3) is 0.0952. The molecular formula is C21H18N4O4. The normalized spacial score (nSPS) is 10.8. The number of carbonyl (C=O) groups excluding carboxylic acids is 1. The molecule has 146 valence electrons. The predicted molar refractivity (Wildman–Crippen MR) is 109 cm³/mol. The zero-order valence-electron chi connectivity index (χ0n) is 15.6. The number of non-ortho nitro benzene ring substituents is 1. The zero-order valence-corrected chi connectivity index (χ0v) is 15.6. The highest BCUT2D eigenvalue weighted by Crippen LogP contribution is 2.10. The molecule has 0 saturated carbocycles. The molecule has 3 aromatic rings. The Morgan fingerprint density at radius 3 is 2.62 bits per heavy atom. The van der Waals surface area contributed by atoms with Gasteiger partial charge in [0.25, 0.3) is 17.2 Å². The van der Waals surface area contributed by atoms with E-state index in [4.69, 9.17) is 0 Å². The van der Waals surface area contributed by atoms with Crippen LogP contribution in [-0.4, -0.2) is 21.6 Å². The van der Waals surface area contributed by atoms with Crippen molar-refractivity contribution in [3.63, 3.8) is 0 Å². The Kier molecular flexibility index (Phi) is 5.94. The van der Waals surface area contributed by atoms with Gasteiger partial charge in [-0.15, -0.1) is 0 Å². The topological polar surface area (TPSA) is 107 Å². The van der Waals surface area contributed by atoms with Crippen LogP contribution in [0.5, 0.6) is 0 Å². The summed E-state index contributed by atoms with van der Waals surface area (Å²) in [5, 5.41) is 14.5. The van der Waals surface area contributed by atoms with Crippen LogP contribution in [-0.2, 0) is 6.54 Å². The van der Waals surface area contributed by atoms with Crippen LogP contribution in [0.2, 0.25) is 0 Å². The molecule has 3 rings (SSSR count). The number of carbonyl (C=O) groups is 1. The van der Waals surface area contributed by atoms with Crippen LogP contribution in [0.25, 0.3) is 0 Å². The smallest absolute Gasteiger partial charge is 0.276 e. The first-order chi connectivity index (χ1) is 13.9. The van der Waals surface area contributed by atoms with Gasteiger partial charge in [-0.3, -0.25) is 19.7 Å². The molecule has 1 heterocycles. The largest absolute Gasteiger partial charge is 0.310 e. The highest BCUT2D eigenvalue weighted by atomic mass is 16.6. The summed E-state index contributed by atoms with van der Waals surface area (Å²) >= 11 is 0. The van der Waals surface area contributed by atoms with E-state index in [1.54, 1.807) is 12.3 Å². The van der Waals surface area contributed by atoms with Crippen LogP contribution in [0.3, 0.4) is 0 Å². The average Bonchev–Trinajstić information content (AvgIpc) is 2.70. The molecule has 1 N–H and O–H groups in total. The van der Waals surface area contributed by atoms with Crippen LogP contribution < -0.4 is 11.0 Å². The molecule has 0 atom stereocenters. The van der Waals surface area contributed by atoms with Crippen LogP contribution in [0, 0.1) is 17.0 Å². The Bertz CT molecular complexity index is 1130. The average molecular weight is 390 g/mol. The Morgan fingerprint density at radius 1 is 1.17 bits per heavy atom. The van der Waals surface area contributed by atoms with Crippen molar-refractivity contribution in [3.8, 4) is 0 Å². The van der Waals surface area contributed by atoms with Crippen LogP contribution in [0.4, 0.5) is 5.69 Å². The van der Waals surface area contributed by atoms with Crippen molar-refractivity contribution in [1.29, 1.82) is 0 Å². The highest BCUT2D eigenvalue weighted by Gasteiger charge is 2.11. The lowest BCUT2D eigenvalue weighted by atomic mass is 10.1. The molecule has 2 aromatic carbocycles. The van der Waals surface area contributed by atoms with Gasteiger partial charge in [0.2, 0.25) is 0 Å². The molecule has 0 aliphatic carbocycles. The zero-order chi connectivity index (χ0) is 20.8. The number of aromatic nitrogens is 1. The van der Waals surface area contributed by atoms with E-state index in [1.165, 1.54) is 41.1 Å². The molecule has 0 aliphatic heterocycles. The quantitative estimate of drug-likeness (QED) is 0.397. The van der Waals surface area contributed by atoms with E-state index in [0.29, 0.717) is 12.1 Å². The molecule has 29 heavy (non-hydrogen) atoms. The molecule has 0 unspecified atom stereocenters. The minimum atomic E-state index is -0.633. The molecule has 0 spiro atoms. The van der Waals surface area contributed by atoms with Crippen molar-refractivity contribution in [2.45, 2.75) is 13.5 Å². The lowest BCUT2D eigenvalue weighted by Gasteiger charge is -2.08. The van der Waals surface area contributed by atoms with Crippen LogP contribution in [0.1, 0.15) is 27.0 Å². The summed E-state index contributed by atoms with van der Waals surface area (Å²) in [4.78, 5) is 35.1. The minimum Gasteiger partial charge on any atom is -0.310 e. The number of pyridine rings is 1. The molecule has 1 amide bonds. The summed E-state index contributed by atoms with van der Waals surface area (Å²) in [6.45, 7) is 2.33. The second kappa shape index (κ2) is 8.75. The summed E-state index contributed by atoms with van der Waals surface area (Å²) in [5.41, 5.74) is 4.44. The molecule has 1 aromatic heterocycles. The van der Waals surface area contributed by atoms with E-state index in [2.05, 4.69) is 10.5 Å². The number of nitro benzene ring substituents is 1. The Morgan fingerprint density at radius 2 is 1.93 bits per heavy atom. The Hall–Kier alpha value is -4.07. The summed E-state index contributed by atoms with van der Waals surface area (Å²) in [6, 6.07) is 16.5. The number of nitro groups is 1. The van der Waals surface area contributed by atoms with Gasteiger partial charge in [-0.2, -0.15) is 5.10 Å². The summed E-state index contributed by atoms with van der Waals surface area (Å²) in [5.74, 6) is -0.633. The van der Waals surface area contributed by atoms with Gasteiger partial charge in [0.15, 0.2) is 0 Å². The van der Waals surface area contributed by atoms with Gasteiger partial charge in [-0.05, 0) is 42.3 Å². The first kappa shape index (κ1) is 19.7. The van der Waals surface area contributed by atoms with E-state index >= 15 is 0 Å². The molecule has 8 nitrogen and oxygen atoms in total. The van der Waals surface area contributed by atoms with E-state index in [0.717, 1.165) is 11.1 Å². The molecule has 8 heteroatoms. The van der Waals surface area contributed by atoms with Gasteiger partial charge < -0.3 is 4.57 Å².